The lowest BCUT2D eigenvalue weighted by Gasteiger charge is -2.35. The van der Waals surface area contributed by atoms with Crippen molar-refractivity contribution in [3.8, 4) is 12.3 Å². The molecule has 8 atom stereocenters. The van der Waals surface area contributed by atoms with Crippen LogP contribution in [0.1, 0.15) is 61.8 Å². The van der Waals surface area contributed by atoms with Crippen molar-refractivity contribution in [1.29, 1.82) is 0 Å². The van der Waals surface area contributed by atoms with Crippen molar-refractivity contribution < 1.29 is 38.0 Å². The van der Waals surface area contributed by atoms with Crippen molar-refractivity contribution in [3.63, 3.8) is 0 Å². The molecule has 32 heavy (non-hydrogen) atoms. The lowest BCUT2D eigenvalue weighted by molar-refractivity contribution is -0.179. The molecule has 0 radical (unpaired) electrons. The van der Waals surface area contributed by atoms with Crippen LogP contribution >= 0.6 is 7.60 Å². The van der Waals surface area contributed by atoms with Gasteiger partial charge in [0.2, 0.25) is 0 Å². The van der Waals surface area contributed by atoms with Crippen LogP contribution in [-0.4, -0.2) is 76.7 Å². The number of hydrogen-bond acceptors (Lipinski definition) is 7. The van der Waals surface area contributed by atoms with E-state index in [1.807, 2.05) is 34.6 Å². The Labute approximate surface area is 192 Å². The molecule has 9 heteroatoms. The molecule has 0 spiro atoms. The molecule has 3 saturated heterocycles. The van der Waals surface area contributed by atoms with Crippen LogP contribution in [0.5, 0.6) is 0 Å². The third-order valence-electron chi connectivity index (χ3n) is 6.00. The molecule has 2 bridgehead atoms. The molecule has 0 amide bonds. The summed E-state index contributed by atoms with van der Waals surface area (Å²) in [5.74, 6) is 2.92. The zero-order valence-electron chi connectivity index (χ0n) is 20.7. The fourth-order valence-corrected chi connectivity index (χ4v) is 4.75. The van der Waals surface area contributed by atoms with Gasteiger partial charge in [0, 0.05) is 0 Å². The molecule has 8 nitrogen and oxygen atoms in total. The van der Waals surface area contributed by atoms with E-state index < -0.39 is 24.5 Å². The highest BCUT2D eigenvalue weighted by molar-refractivity contribution is 7.54. The van der Waals surface area contributed by atoms with Gasteiger partial charge >= 0.3 is 7.60 Å². The summed E-state index contributed by atoms with van der Waals surface area (Å²) in [6, 6.07) is 0. The Hall–Kier alpha value is -0.490. The average Bonchev–Trinajstić information content (AvgIpc) is 3.27. The number of ether oxygens (including phenoxy) is 4. The second kappa shape index (κ2) is 10.0. The molecule has 186 valence electrons. The van der Waals surface area contributed by atoms with E-state index in [-0.39, 0.29) is 43.2 Å². The van der Waals surface area contributed by atoms with Crippen LogP contribution in [0, 0.1) is 18.3 Å². The summed E-state index contributed by atoms with van der Waals surface area (Å²) in [6.45, 7) is 15.5. The van der Waals surface area contributed by atoms with Crippen LogP contribution in [0.3, 0.4) is 0 Å². The van der Waals surface area contributed by atoms with Crippen molar-refractivity contribution in [2.24, 2.45) is 5.92 Å². The summed E-state index contributed by atoms with van der Waals surface area (Å²) in [5, 5.41) is 7.90. The Balaban J connectivity index is 0.000000303. The lowest BCUT2D eigenvalue weighted by atomic mass is 9.99. The minimum atomic E-state index is -3.81. The number of terminal acetylenes is 1. The molecule has 3 heterocycles. The Morgan fingerprint density at radius 3 is 2.25 bits per heavy atom. The molecule has 3 aliphatic heterocycles. The van der Waals surface area contributed by atoms with Crippen LogP contribution in [0.15, 0.2) is 0 Å². The third kappa shape index (κ3) is 6.34. The normalized spacial score (nSPS) is 38.7. The van der Waals surface area contributed by atoms with Gasteiger partial charge in [-0.25, -0.2) is 0 Å². The van der Waals surface area contributed by atoms with E-state index in [1.54, 1.807) is 20.8 Å². The molecule has 0 aliphatic carbocycles. The monoisotopic (exact) mass is 476 g/mol. The van der Waals surface area contributed by atoms with E-state index in [9.17, 15) is 9.46 Å². The van der Waals surface area contributed by atoms with Gasteiger partial charge in [-0.3, -0.25) is 9.09 Å². The van der Waals surface area contributed by atoms with Gasteiger partial charge in [0.15, 0.2) is 0 Å². The molecule has 3 fully saturated rings. The topological polar surface area (TPSA) is 104 Å². The second-order valence-corrected chi connectivity index (χ2v) is 13.6. The number of fused-ring (bicyclic) bond motifs is 2. The predicted molar refractivity (Wildman–Crippen MR) is 122 cm³/mol. The van der Waals surface area contributed by atoms with Gasteiger partial charge in [-0.1, -0.05) is 12.8 Å². The molecule has 0 aromatic rings. The minimum absolute atomic E-state index is 0.0407. The molecule has 0 aromatic carbocycles. The average molecular weight is 477 g/mol. The smallest absolute Gasteiger partial charge is 0.333 e. The summed E-state index contributed by atoms with van der Waals surface area (Å²) in [5.41, 5.74) is -1.15. The maximum absolute atomic E-state index is 12.5. The largest absolute Gasteiger partial charge is 0.394 e. The zero-order valence-corrected chi connectivity index (χ0v) is 21.6. The fourth-order valence-electron chi connectivity index (χ4n) is 3.81. The van der Waals surface area contributed by atoms with Crippen LogP contribution in [-0.2, 0) is 28.0 Å². The highest BCUT2D eigenvalue weighted by Gasteiger charge is 2.63. The first-order chi connectivity index (χ1) is 14.5. The summed E-state index contributed by atoms with van der Waals surface area (Å²) < 4.78 is 41.1. The Bertz CT molecular complexity index is 721. The Kier molecular flexibility index (Phi) is 8.68. The standard InChI is InChI=1S/C15H29O6P.C8H12O2/c1-10-11-12(21-22(16,17)14(5,6)7)15(20-10,8-18-11)9-19-13(2,3)4;1-3-7-4-6(2)8(5-9)10-7/h10-12H,8-9H2,1-7H3,(H,16,17);1,6-9H,4-5H2,2H3/t10-,11+,12?,15+;6?,7-,8+/m00/s1. The van der Waals surface area contributed by atoms with Gasteiger partial charge in [0.1, 0.15) is 23.9 Å². The summed E-state index contributed by atoms with van der Waals surface area (Å²) in [6.07, 6.45) is 4.78. The number of aliphatic hydroxyl groups is 1. The van der Waals surface area contributed by atoms with Crippen molar-refractivity contribution in [2.45, 2.75) is 109 Å². The quantitative estimate of drug-likeness (QED) is 0.461. The predicted octanol–water partition coefficient (Wildman–Crippen LogP) is 3.13. The first-order valence-electron chi connectivity index (χ1n) is 11.2. The fraction of sp³-hybridized carbons (Fsp3) is 0.913. The SMILES string of the molecule is C#C[C@H]1CC(C)[C@@H](CO)O1.C[C@@H]1O[C@@]2(COC(C)(C)C)CO[C@H]1C2OP(=O)(O)C(C)(C)C. The Morgan fingerprint density at radius 2 is 1.84 bits per heavy atom. The van der Waals surface area contributed by atoms with Crippen molar-refractivity contribution in [1.82, 2.24) is 0 Å². The van der Waals surface area contributed by atoms with Gasteiger partial charge in [-0.15, -0.1) is 6.42 Å². The maximum Gasteiger partial charge on any atom is 0.333 e. The first-order valence-corrected chi connectivity index (χ1v) is 12.8. The van der Waals surface area contributed by atoms with Gasteiger partial charge < -0.3 is 28.9 Å². The van der Waals surface area contributed by atoms with E-state index in [2.05, 4.69) is 5.92 Å². The number of hydrogen-bond donors (Lipinski definition) is 2. The Morgan fingerprint density at radius 1 is 1.22 bits per heavy atom. The zero-order chi connectivity index (χ0) is 24.5. The number of rotatable bonds is 5. The lowest BCUT2D eigenvalue weighted by Crippen LogP contribution is -2.48. The molecule has 3 aliphatic rings. The van der Waals surface area contributed by atoms with E-state index in [4.69, 9.17) is 35.0 Å². The summed E-state index contributed by atoms with van der Waals surface area (Å²) in [4.78, 5) is 10.3. The maximum atomic E-state index is 12.5. The molecule has 2 N–H and O–H groups in total. The molecular weight excluding hydrogens is 435 g/mol. The van der Waals surface area contributed by atoms with E-state index >= 15 is 0 Å². The van der Waals surface area contributed by atoms with Gasteiger partial charge in [-0.2, -0.15) is 0 Å². The van der Waals surface area contributed by atoms with E-state index in [0.717, 1.165) is 6.42 Å². The van der Waals surface area contributed by atoms with E-state index in [0.29, 0.717) is 12.5 Å². The molecule has 0 saturated carbocycles. The van der Waals surface area contributed by atoms with Crippen LogP contribution in [0.4, 0.5) is 0 Å². The van der Waals surface area contributed by atoms with Crippen molar-refractivity contribution in [3.05, 3.63) is 0 Å². The minimum Gasteiger partial charge on any atom is -0.394 e. The second-order valence-electron chi connectivity index (χ2n) is 11.0. The van der Waals surface area contributed by atoms with Gasteiger partial charge in [-0.05, 0) is 60.8 Å². The van der Waals surface area contributed by atoms with Gasteiger partial charge in [0.05, 0.1) is 42.8 Å². The highest BCUT2D eigenvalue weighted by atomic mass is 31.2. The molecular formula is C23H41O8P. The summed E-state index contributed by atoms with van der Waals surface area (Å²) in [7, 11) is -3.81. The molecule has 3 unspecified atom stereocenters. The van der Waals surface area contributed by atoms with Crippen LogP contribution < -0.4 is 0 Å². The van der Waals surface area contributed by atoms with Crippen LogP contribution in [0.2, 0.25) is 0 Å². The molecule has 3 rings (SSSR count). The summed E-state index contributed by atoms with van der Waals surface area (Å²) >= 11 is 0. The van der Waals surface area contributed by atoms with Crippen molar-refractivity contribution in [2.75, 3.05) is 19.8 Å². The first kappa shape index (κ1) is 27.8. The van der Waals surface area contributed by atoms with Crippen LogP contribution in [0.25, 0.3) is 0 Å². The van der Waals surface area contributed by atoms with Crippen molar-refractivity contribution >= 4 is 7.60 Å². The number of aliphatic hydroxyl groups excluding tert-OH is 1. The van der Waals surface area contributed by atoms with Gasteiger partial charge in [0.25, 0.3) is 0 Å². The van der Waals surface area contributed by atoms with E-state index in [1.165, 1.54) is 0 Å². The third-order valence-corrected chi connectivity index (χ3v) is 8.21. The highest BCUT2D eigenvalue weighted by Crippen LogP contribution is 2.59. The molecule has 0 aromatic heterocycles.